The van der Waals surface area contributed by atoms with E-state index >= 15 is 0 Å². The molecule has 0 atom stereocenters. The van der Waals surface area contributed by atoms with Gasteiger partial charge in [0.05, 0.1) is 35.3 Å². The maximum absolute atomic E-state index is 6.96. The van der Waals surface area contributed by atoms with E-state index in [0.29, 0.717) is 176 Å². The van der Waals surface area contributed by atoms with Gasteiger partial charge in [0.1, 0.15) is 0 Å². The summed E-state index contributed by atoms with van der Waals surface area (Å²) in [4.78, 5) is 36.9. The second-order valence-corrected chi connectivity index (χ2v) is 27.7. The SMILES string of the molecule is CN1C=CN(c2[c-]c3c(cc2)Oc2c4c5c(c6c2B3c2[c-]c(-n3cccn3)cnc2O6)Oc2ccc(-n3cccn3)[c-]c2B5c2[c-]c(N3C=CN(C)[CH-]3)cnc2O4)[CH-]1.[Pt+2].[Pt+2].[Pt].[Pt].[c-]1c(-n2cccn2)cnc2c1B1c3[c-]c(-n4cccn4)cnc3Oc3c4c5c(c(c31)O2)Oc1ncc(-n2cccn2)[c-]c1B5c1[c-]c(-n2cccn2)cnc1O4. The Morgan fingerprint density at radius 3 is 0.797 bits per heavy atom. The molecular weight excluding hydrogens is 2220 g/mol. The third kappa shape index (κ3) is 11.1. The van der Waals surface area contributed by atoms with Gasteiger partial charge in [-0.1, -0.05) is 42.9 Å². The molecule has 16 aromatic rings. The van der Waals surface area contributed by atoms with Crippen LogP contribution in [0.2, 0.25) is 0 Å². The first-order valence-corrected chi connectivity index (χ1v) is 35.9. The monoisotopic (exact) mass is 2260 g/mol. The first-order chi connectivity index (χ1) is 56.2. The fourth-order valence-electron chi connectivity index (χ4n) is 16.2. The molecule has 10 aliphatic heterocycles. The second kappa shape index (κ2) is 27.9. The molecule has 576 valence electrons. The van der Waals surface area contributed by atoms with Crippen LogP contribution in [-0.2, 0) is 84.3 Å². The molecule has 0 saturated heterocycles. The first-order valence-electron chi connectivity index (χ1n) is 35.9. The minimum absolute atomic E-state index is 0. The summed E-state index contributed by atoms with van der Waals surface area (Å²) in [5.74, 6) is 6.67. The Hall–Kier alpha value is -12.9. The number of pyridine rings is 6. The van der Waals surface area contributed by atoms with Gasteiger partial charge in [0.15, 0.2) is 46.0 Å². The summed E-state index contributed by atoms with van der Waals surface area (Å²) in [6, 6.07) is 47.6. The fourth-order valence-corrected chi connectivity index (χ4v) is 16.2. The molecule has 0 spiro atoms. The molecule has 0 N–H and O–H groups in total. The van der Waals surface area contributed by atoms with Gasteiger partial charge in [-0.15, -0.1) is 73.7 Å². The summed E-state index contributed by atoms with van der Waals surface area (Å²) in [7, 11) is 3.95. The Kier molecular flexibility index (Phi) is 17.2. The van der Waals surface area contributed by atoms with Crippen molar-refractivity contribution in [1.82, 2.24) is 98.4 Å². The van der Waals surface area contributed by atoms with E-state index in [4.69, 9.17) is 67.8 Å². The Balaban J connectivity index is 0.000000142. The zero-order chi connectivity index (χ0) is 74.7. The second-order valence-electron chi connectivity index (χ2n) is 27.7. The summed E-state index contributed by atoms with van der Waals surface area (Å²) in [5.41, 5.74) is 13.5. The number of hydrogen-bond donors (Lipinski definition) is 0. The molecule has 38 heteroatoms. The molecule has 0 radical (unpaired) electrons. The molecule has 0 saturated carbocycles. The van der Waals surface area contributed by atoms with Crippen molar-refractivity contribution in [1.29, 1.82) is 0 Å². The van der Waals surface area contributed by atoms with Crippen molar-refractivity contribution in [3.05, 3.63) is 259 Å². The van der Waals surface area contributed by atoms with Crippen LogP contribution in [-0.4, -0.2) is 139 Å². The number of nitrogens with zero attached hydrogens (tertiary/aromatic N) is 22. The van der Waals surface area contributed by atoms with Gasteiger partial charge in [-0.05, 0) is 109 Å². The van der Waals surface area contributed by atoms with Gasteiger partial charge < -0.3 is 87.4 Å². The van der Waals surface area contributed by atoms with Crippen LogP contribution in [0.15, 0.2) is 197 Å². The number of hydrogen-bond acceptors (Lipinski definition) is 24. The van der Waals surface area contributed by atoms with E-state index in [9.17, 15) is 0 Å². The predicted molar refractivity (Wildman–Crippen MR) is 411 cm³/mol. The molecule has 0 fully saturated rings. The molecule has 10 aliphatic rings. The fraction of sp³-hybridized carbons (Fsp3) is 0.0250. The van der Waals surface area contributed by atoms with Crippen LogP contribution in [0.5, 0.6) is 92.8 Å². The van der Waals surface area contributed by atoms with Crippen LogP contribution in [0.4, 0.5) is 11.4 Å². The predicted octanol–water partition coefficient (Wildman–Crippen LogP) is 2.84. The van der Waals surface area contributed by atoms with Gasteiger partial charge in [-0.3, -0.25) is 28.1 Å². The van der Waals surface area contributed by atoms with Crippen LogP contribution in [0.1, 0.15) is 0 Å². The average Bonchev–Trinajstić information content (AvgIpc) is 1.03. The number of benzene rings is 4. The molecule has 12 aromatic heterocycles. The standard InChI is InChI=1S/C42H24B2N10O4.C38H16B2N12O4.4Pt/c1-49-13-15-51(23-49)25-5-7-33-29(17-25)43-32-20-28(54-12-4-10-48-54)22-46-42(32)58-39-35(43)37(55-33)40-36-38(39)56-34-8-6-26(53-11-3-9-47-53)18-30(34)44(36)31-19-27(21-45-41(31)57-40)52-16-14-50(2)24-52;1-5-45-49(9-1)21-13-25-35(41-17-21)53-31-29-32(54-36-26(39(25)29)14-22(18-42-36)50-10-2-6-46-50)34-30-33(31)55-37-27(15-23(19-43-37)51-11-3-7-47-51)40(30)28-16-24(20-44-38(28)56-34)52-12-4-8-48-52;;;;/h3-16,21-24H,1-2H3;1-12,17-20H;;;;/q-6;-4;;;2*+2. The smallest absolute Gasteiger partial charge is 0.514 e. The van der Waals surface area contributed by atoms with Crippen molar-refractivity contribution in [3.63, 3.8) is 0 Å². The summed E-state index contributed by atoms with van der Waals surface area (Å²) in [6.07, 6.45) is 39.3. The van der Waals surface area contributed by atoms with Gasteiger partial charge in [0.2, 0.25) is 26.9 Å². The molecular formula is C80H40B4N22O8Pt4-6. The topological polar surface area (TPSA) is 271 Å². The van der Waals surface area contributed by atoms with E-state index in [2.05, 4.69) is 79.1 Å². The maximum Gasteiger partial charge on any atom is 2.00 e. The van der Waals surface area contributed by atoms with Crippen molar-refractivity contribution in [2.24, 2.45) is 0 Å². The van der Waals surface area contributed by atoms with Crippen molar-refractivity contribution < 1.29 is 122 Å². The quantitative estimate of drug-likeness (QED) is 0.156. The molecule has 22 heterocycles. The summed E-state index contributed by atoms with van der Waals surface area (Å²) in [5, 5.41) is 26.6. The van der Waals surface area contributed by atoms with E-state index in [1.165, 1.54) is 0 Å². The Bertz CT molecular complexity index is 6230. The van der Waals surface area contributed by atoms with Gasteiger partial charge >= 0.3 is 42.1 Å². The van der Waals surface area contributed by atoms with Crippen LogP contribution >= 0.6 is 0 Å². The zero-order valence-corrected chi connectivity index (χ0v) is 69.4. The van der Waals surface area contributed by atoms with Crippen LogP contribution in [0.3, 0.4) is 0 Å². The van der Waals surface area contributed by atoms with E-state index in [1.807, 2.05) is 170 Å². The van der Waals surface area contributed by atoms with Gasteiger partial charge in [-0.25, -0.2) is 0 Å². The molecule has 0 amide bonds. The third-order valence-electron chi connectivity index (χ3n) is 21.1. The number of ether oxygens (including phenoxy) is 8. The summed E-state index contributed by atoms with van der Waals surface area (Å²) in [6.45, 7) is 1.75. The van der Waals surface area contributed by atoms with Gasteiger partial charge in [0.25, 0.3) is 0 Å². The number of rotatable bonds is 8. The molecule has 4 aromatic carbocycles. The first kappa shape index (κ1) is 72.8. The maximum atomic E-state index is 6.96. The summed E-state index contributed by atoms with van der Waals surface area (Å²) < 4.78 is 65.0. The normalized spacial score (nSPS) is 14.2. The molecule has 30 nitrogen and oxygen atoms in total. The summed E-state index contributed by atoms with van der Waals surface area (Å²) >= 11 is 0. The Morgan fingerprint density at radius 2 is 0.517 bits per heavy atom. The van der Waals surface area contributed by atoms with Crippen LogP contribution in [0.25, 0.3) is 34.1 Å². The third-order valence-corrected chi connectivity index (χ3v) is 21.1. The Labute approximate surface area is 728 Å². The minimum atomic E-state index is -0.600. The number of aromatic nitrogens is 18. The van der Waals surface area contributed by atoms with Crippen molar-refractivity contribution in [2.75, 3.05) is 23.9 Å². The van der Waals surface area contributed by atoms with E-state index < -0.39 is 26.9 Å². The molecule has 0 unspecified atom stereocenters. The van der Waals surface area contributed by atoms with Gasteiger partial charge in [0, 0.05) is 150 Å². The van der Waals surface area contributed by atoms with E-state index in [1.54, 1.807) is 102 Å². The van der Waals surface area contributed by atoms with Crippen molar-refractivity contribution in [2.45, 2.75) is 0 Å². The van der Waals surface area contributed by atoms with E-state index in [-0.39, 0.29) is 84.3 Å². The minimum Gasteiger partial charge on any atom is -0.514 e. The average molecular weight is 2260 g/mol. The molecule has 0 bridgehead atoms. The zero-order valence-electron chi connectivity index (χ0n) is 60.3. The van der Waals surface area contributed by atoms with Crippen molar-refractivity contribution >= 4 is 104 Å². The molecule has 26 rings (SSSR count). The van der Waals surface area contributed by atoms with Crippen LogP contribution in [0, 0.1) is 61.9 Å². The van der Waals surface area contributed by atoms with Gasteiger partial charge in [-0.2, -0.15) is 92.5 Å². The number of fused-ring (bicyclic) bond motifs is 20. The van der Waals surface area contributed by atoms with E-state index in [0.717, 1.165) is 28.0 Å². The van der Waals surface area contributed by atoms with Crippen molar-refractivity contribution in [3.8, 4) is 127 Å². The van der Waals surface area contributed by atoms with Crippen LogP contribution < -0.4 is 113 Å². The number of anilines is 2. The molecule has 0 aliphatic carbocycles. The Morgan fingerprint density at radius 1 is 0.280 bits per heavy atom. The molecule has 118 heavy (non-hydrogen) atoms. The largest absolute Gasteiger partial charge is 2.00 e.